The van der Waals surface area contributed by atoms with Crippen molar-refractivity contribution in [2.45, 2.75) is 57.5 Å². The maximum absolute atomic E-state index is 9.03. The van der Waals surface area contributed by atoms with E-state index in [4.69, 9.17) is 5.11 Å². The predicted molar refractivity (Wildman–Crippen MR) is 58.2 cm³/mol. The molecule has 0 aromatic carbocycles. The van der Waals surface area contributed by atoms with Crippen LogP contribution < -0.4 is 5.32 Å². The van der Waals surface area contributed by atoms with Gasteiger partial charge in [0.1, 0.15) is 0 Å². The summed E-state index contributed by atoms with van der Waals surface area (Å²) in [5.74, 6) is 1.54. The molecule has 0 heterocycles. The summed E-state index contributed by atoms with van der Waals surface area (Å²) in [4.78, 5) is 0. The zero-order valence-corrected chi connectivity index (χ0v) is 9.21. The third-order valence-electron chi connectivity index (χ3n) is 3.95. The molecule has 0 aromatic rings. The zero-order chi connectivity index (χ0) is 9.97. The molecule has 2 aliphatic rings. The number of aliphatic hydroxyl groups excluding tert-OH is 1. The molecular formula is C12H23NO. The largest absolute Gasteiger partial charge is 0.396 e. The van der Waals surface area contributed by atoms with E-state index < -0.39 is 0 Å². The third-order valence-corrected chi connectivity index (χ3v) is 3.95. The van der Waals surface area contributed by atoms with Crippen molar-refractivity contribution in [2.75, 3.05) is 6.61 Å². The summed E-state index contributed by atoms with van der Waals surface area (Å²) < 4.78 is 0. The van der Waals surface area contributed by atoms with E-state index in [-0.39, 0.29) is 0 Å². The number of hydrogen-bond donors (Lipinski definition) is 2. The van der Waals surface area contributed by atoms with Crippen LogP contribution in [0.2, 0.25) is 0 Å². The lowest BCUT2D eigenvalue weighted by Crippen LogP contribution is -2.46. The first-order valence-corrected chi connectivity index (χ1v) is 6.15. The Kier molecular flexibility index (Phi) is 3.45. The number of rotatable bonds is 3. The smallest absolute Gasteiger partial charge is 0.0459 e. The Morgan fingerprint density at radius 3 is 2.21 bits per heavy atom. The second-order valence-electron chi connectivity index (χ2n) is 5.34. The highest BCUT2D eigenvalue weighted by Crippen LogP contribution is 2.30. The first-order valence-electron chi connectivity index (χ1n) is 6.15. The normalized spacial score (nSPS) is 43.3. The first-order chi connectivity index (χ1) is 6.78. The van der Waals surface area contributed by atoms with Crippen molar-refractivity contribution in [3.63, 3.8) is 0 Å². The van der Waals surface area contributed by atoms with Crippen molar-refractivity contribution >= 4 is 0 Å². The van der Waals surface area contributed by atoms with E-state index in [1.54, 1.807) is 0 Å². The Bertz CT molecular complexity index is 169. The Labute approximate surface area is 87.1 Å². The second-order valence-corrected chi connectivity index (χ2v) is 5.34. The molecule has 2 N–H and O–H groups in total. The van der Waals surface area contributed by atoms with Gasteiger partial charge < -0.3 is 10.4 Å². The van der Waals surface area contributed by atoms with E-state index >= 15 is 0 Å². The first kappa shape index (κ1) is 10.4. The molecule has 0 saturated heterocycles. The summed E-state index contributed by atoms with van der Waals surface area (Å²) in [6, 6.07) is 1.55. The molecule has 2 rings (SSSR count). The summed E-state index contributed by atoms with van der Waals surface area (Å²) in [6.07, 6.45) is 7.74. The fraction of sp³-hybridized carbons (Fsp3) is 1.00. The van der Waals surface area contributed by atoms with Gasteiger partial charge in [-0.15, -0.1) is 0 Å². The maximum Gasteiger partial charge on any atom is 0.0459 e. The molecule has 0 aromatic heterocycles. The van der Waals surface area contributed by atoms with Gasteiger partial charge in [0.25, 0.3) is 0 Å². The standard InChI is InChI=1S/C12H23NO/c1-9-6-12(7-9)13-11-4-2-10(8-14)3-5-11/h9-14H,2-8H2,1H3. The van der Waals surface area contributed by atoms with Crippen molar-refractivity contribution in [1.82, 2.24) is 5.32 Å². The van der Waals surface area contributed by atoms with Gasteiger partial charge in [0.05, 0.1) is 0 Å². The Balaban J connectivity index is 1.64. The molecule has 2 heteroatoms. The van der Waals surface area contributed by atoms with Gasteiger partial charge in [-0.1, -0.05) is 6.92 Å². The maximum atomic E-state index is 9.03. The van der Waals surface area contributed by atoms with Crippen LogP contribution in [0.3, 0.4) is 0 Å². The Hall–Kier alpha value is -0.0800. The van der Waals surface area contributed by atoms with Crippen LogP contribution in [0.15, 0.2) is 0 Å². The lowest BCUT2D eigenvalue weighted by atomic mass is 9.79. The minimum absolute atomic E-state index is 0.396. The lowest BCUT2D eigenvalue weighted by Gasteiger charge is -2.38. The van der Waals surface area contributed by atoms with E-state index in [0.29, 0.717) is 12.5 Å². The van der Waals surface area contributed by atoms with Crippen molar-refractivity contribution < 1.29 is 5.11 Å². The highest BCUT2D eigenvalue weighted by atomic mass is 16.3. The number of hydrogen-bond acceptors (Lipinski definition) is 2. The van der Waals surface area contributed by atoms with Gasteiger partial charge in [0, 0.05) is 18.7 Å². The monoisotopic (exact) mass is 197 g/mol. The quantitative estimate of drug-likeness (QED) is 0.724. The number of aliphatic hydroxyl groups is 1. The van der Waals surface area contributed by atoms with Gasteiger partial charge in [-0.3, -0.25) is 0 Å². The van der Waals surface area contributed by atoms with Gasteiger partial charge in [-0.25, -0.2) is 0 Å². The third kappa shape index (κ3) is 2.48. The molecule has 2 fully saturated rings. The van der Waals surface area contributed by atoms with Crippen LogP contribution in [0.25, 0.3) is 0 Å². The number of nitrogens with one attached hydrogen (secondary N) is 1. The highest BCUT2D eigenvalue weighted by Gasteiger charge is 2.28. The Morgan fingerprint density at radius 2 is 1.71 bits per heavy atom. The van der Waals surface area contributed by atoms with Crippen molar-refractivity contribution in [3.05, 3.63) is 0 Å². The van der Waals surface area contributed by atoms with E-state index in [1.807, 2.05) is 0 Å². The summed E-state index contributed by atoms with van der Waals surface area (Å²) in [5.41, 5.74) is 0. The van der Waals surface area contributed by atoms with Gasteiger partial charge in [-0.2, -0.15) is 0 Å². The van der Waals surface area contributed by atoms with Crippen LogP contribution in [0.5, 0.6) is 0 Å². The molecule has 0 unspecified atom stereocenters. The van der Waals surface area contributed by atoms with Gasteiger partial charge >= 0.3 is 0 Å². The van der Waals surface area contributed by atoms with Crippen molar-refractivity contribution in [2.24, 2.45) is 11.8 Å². The molecule has 0 amide bonds. The molecule has 2 aliphatic carbocycles. The van der Waals surface area contributed by atoms with Crippen molar-refractivity contribution in [1.29, 1.82) is 0 Å². The van der Waals surface area contributed by atoms with Crippen LogP contribution in [-0.4, -0.2) is 23.8 Å². The fourth-order valence-electron chi connectivity index (χ4n) is 2.88. The van der Waals surface area contributed by atoms with Gasteiger partial charge in [-0.05, 0) is 50.4 Å². The molecule has 0 radical (unpaired) electrons. The molecule has 2 saturated carbocycles. The molecule has 0 aliphatic heterocycles. The van der Waals surface area contributed by atoms with E-state index in [1.165, 1.54) is 38.5 Å². The second kappa shape index (κ2) is 4.63. The van der Waals surface area contributed by atoms with E-state index in [9.17, 15) is 0 Å². The van der Waals surface area contributed by atoms with Gasteiger partial charge in [0.2, 0.25) is 0 Å². The lowest BCUT2D eigenvalue weighted by molar-refractivity contribution is 0.153. The predicted octanol–water partition coefficient (Wildman–Crippen LogP) is 1.93. The molecule has 0 bridgehead atoms. The van der Waals surface area contributed by atoms with E-state index in [2.05, 4.69) is 12.2 Å². The van der Waals surface area contributed by atoms with Crippen LogP contribution in [0, 0.1) is 11.8 Å². The summed E-state index contributed by atoms with van der Waals surface area (Å²) >= 11 is 0. The highest BCUT2D eigenvalue weighted by molar-refractivity contribution is 4.87. The molecule has 82 valence electrons. The van der Waals surface area contributed by atoms with Crippen LogP contribution in [0.4, 0.5) is 0 Å². The van der Waals surface area contributed by atoms with Crippen molar-refractivity contribution in [3.8, 4) is 0 Å². The molecule has 0 spiro atoms. The SMILES string of the molecule is CC1CC(NC2CCC(CO)CC2)C1. The molecule has 2 nitrogen and oxygen atoms in total. The summed E-state index contributed by atoms with van der Waals surface area (Å²) in [6.45, 7) is 2.73. The minimum atomic E-state index is 0.396. The molecule has 0 atom stereocenters. The van der Waals surface area contributed by atoms with Gasteiger partial charge in [0.15, 0.2) is 0 Å². The summed E-state index contributed by atoms with van der Waals surface area (Å²) in [7, 11) is 0. The molecular weight excluding hydrogens is 174 g/mol. The fourth-order valence-corrected chi connectivity index (χ4v) is 2.88. The Morgan fingerprint density at radius 1 is 1.07 bits per heavy atom. The summed E-state index contributed by atoms with van der Waals surface area (Å²) in [5, 5.41) is 12.8. The average Bonchev–Trinajstić information content (AvgIpc) is 2.17. The minimum Gasteiger partial charge on any atom is -0.396 e. The topological polar surface area (TPSA) is 32.3 Å². The zero-order valence-electron chi connectivity index (χ0n) is 9.21. The van der Waals surface area contributed by atoms with Crippen LogP contribution >= 0.6 is 0 Å². The van der Waals surface area contributed by atoms with Crippen LogP contribution in [-0.2, 0) is 0 Å². The average molecular weight is 197 g/mol. The van der Waals surface area contributed by atoms with E-state index in [0.717, 1.165) is 18.0 Å². The molecule has 14 heavy (non-hydrogen) atoms. The van der Waals surface area contributed by atoms with Crippen LogP contribution in [0.1, 0.15) is 45.4 Å².